The number of sulfone groups is 1. The highest BCUT2D eigenvalue weighted by Gasteiger charge is 2.19. The van der Waals surface area contributed by atoms with Crippen LogP contribution in [0.3, 0.4) is 0 Å². The molecule has 0 aromatic heterocycles. The Bertz CT molecular complexity index is 502. The fraction of sp³-hybridized carbons (Fsp3) is 0.300. The number of halogens is 1. The minimum absolute atomic E-state index is 0.0351. The maximum absolute atomic E-state index is 11.8. The highest BCUT2D eigenvalue weighted by molar-refractivity contribution is 7.92. The van der Waals surface area contributed by atoms with Crippen LogP contribution in [0, 0.1) is 0 Å². The summed E-state index contributed by atoms with van der Waals surface area (Å²) >= 11 is 5.69. The van der Waals surface area contributed by atoms with E-state index in [2.05, 4.69) is 5.32 Å². The van der Waals surface area contributed by atoms with Crippen LogP contribution < -0.4 is 11.1 Å². The molecule has 3 N–H and O–H groups in total. The molecule has 0 heterocycles. The molecule has 0 spiro atoms. The van der Waals surface area contributed by atoms with Gasteiger partial charge in [-0.25, -0.2) is 8.42 Å². The van der Waals surface area contributed by atoms with E-state index < -0.39 is 21.5 Å². The van der Waals surface area contributed by atoms with Crippen molar-refractivity contribution in [2.45, 2.75) is 4.90 Å². The molecule has 0 aliphatic carbocycles. The lowest BCUT2D eigenvalue weighted by Crippen LogP contribution is -2.33. The molecule has 17 heavy (non-hydrogen) atoms. The van der Waals surface area contributed by atoms with Crippen molar-refractivity contribution in [2.24, 2.45) is 5.73 Å². The molecule has 0 atom stereocenters. The van der Waals surface area contributed by atoms with E-state index in [-0.39, 0.29) is 18.0 Å². The average Bonchev–Trinajstić information content (AvgIpc) is 2.26. The Morgan fingerprint density at radius 1 is 1.41 bits per heavy atom. The van der Waals surface area contributed by atoms with Gasteiger partial charge in [0.15, 0.2) is 9.84 Å². The number of hydrogen-bond donors (Lipinski definition) is 2. The summed E-state index contributed by atoms with van der Waals surface area (Å²) < 4.78 is 23.6. The van der Waals surface area contributed by atoms with Crippen LogP contribution in [0.1, 0.15) is 0 Å². The Balaban J connectivity index is 2.79. The molecule has 0 aliphatic heterocycles. The summed E-state index contributed by atoms with van der Waals surface area (Å²) in [4.78, 5) is 11.3. The van der Waals surface area contributed by atoms with E-state index in [1.807, 2.05) is 0 Å². The van der Waals surface area contributed by atoms with Gasteiger partial charge >= 0.3 is 0 Å². The van der Waals surface area contributed by atoms with Gasteiger partial charge in [0, 0.05) is 18.1 Å². The number of amides is 1. The number of carbonyl (C=O) groups is 1. The molecule has 1 aromatic carbocycles. The second-order valence-electron chi connectivity index (χ2n) is 3.36. The predicted octanol–water partition coefficient (Wildman–Crippen LogP) is 0.189. The van der Waals surface area contributed by atoms with Gasteiger partial charge in [-0.05, 0) is 18.2 Å². The van der Waals surface area contributed by atoms with Gasteiger partial charge < -0.3 is 11.1 Å². The molecular weight excluding hydrogens is 264 g/mol. The van der Waals surface area contributed by atoms with Crippen LogP contribution in [-0.2, 0) is 14.6 Å². The van der Waals surface area contributed by atoms with Gasteiger partial charge in [-0.2, -0.15) is 0 Å². The molecule has 0 bridgehead atoms. The van der Waals surface area contributed by atoms with Crippen molar-refractivity contribution in [3.05, 3.63) is 29.3 Å². The predicted molar refractivity (Wildman–Crippen MR) is 65.6 cm³/mol. The lowest BCUT2D eigenvalue weighted by Gasteiger charge is -2.05. The first-order valence-electron chi connectivity index (χ1n) is 4.91. The Labute approximate surface area is 105 Å². The Morgan fingerprint density at radius 3 is 2.71 bits per heavy atom. The first kappa shape index (κ1) is 14.0. The van der Waals surface area contributed by atoms with E-state index in [0.717, 1.165) is 0 Å². The number of nitrogens with two attached hydrogens (primary N) is 1. The first-order valence-corrected chi connectivity index (χ1v) is 6.94. The van der Waals surface area contributed by atoms with Crippen LogP contribution in [-0.4, -0.2) is 33.2 Å². The second-order valence-corrected chi connectivity index (χ2v) is 5.78. The van der Waals surface area contributed by atoms with E-state index in [1.165, 1.54) is 18.2 Å². The zero-order chi connectivity index (χ0) is 12.9. The monoisotopic (exact) mass is 276 g/mol. The van der Waals surface area contributed by atoms with E-state index in [4.69, 9.17) is 17.3 Å². The van der Waals surface area contributed by atoms with Crippen molar-refractivity contribution >= 4 is 27.3 Å². The summed E-state index contributed by atoms with van der Waals surface area (Å²) in [5.41, 5.74) is 5.19. The van der Waals surface area contributed by atoms with Crippen molar-refractivity contribution in [1.82, 2.24) is 5.32 Å². The van der Waals surface area contributed by atoms with Gasteiger partial charge in [-0.3, -0.25) is 4.79 Å². The molecule has 0 fully saturated rings. The zero-order valence-corrected chi connectivity index (χ0v) is 10.6. The Hall–Kier alpha value is -1.11. The molecule has 0 saturated heterocycles. The minimum atomic E-state index is -3.65. The highest BCUT2D eigenvalue weighted by atomic mass is 35.5. The van der Waals surface area contributed by atoms with Crippen LogP contribution in [0.2, 0.25) is 5.02 Å². The topological polar surface area (TPSA) is 89.3 Å². The maximum Gasteiger partial charge on any atom is 0.235 e. The summed E-state index contributed by atoms with van der Waals surface area (Å²) in [5.74, 6) is -1.18. The Kier molecular flexibility index (Phi) is 4.92. The number of rotatable bonds is 5. The molecule has 0 aliphatic rings. The Morgan fingerprint density at radius 2 is 2.12 bits per heavy atom. The maximum atomic E-state index is 11.8. The molecule has 0 unspecified atom stereocenters. The average molecular weight is 277 g/mol. The fourth-order valence-electron chi connectivity index (χ4n) is 1.18. The molecule has 0 saturated carbocycles. The summed E-state index contributed by atoms with van der Waals surface area (Å²) in [6.45, 7) is 0.521. The number of nitrogens with one attached hydrogen (secondary N) is 1. The van der Waals surface area contributed by atoms with Gasteiger partial charge in [0.05, 0.1) is 4.90 Å². The van der Waals surface area contributed by atoms with Crippen LogP contribution in [0.5, 0.6) is 0 Å². The lowest BCUT2D eigenvalue weighted by atomic mass is 10.4. The van der Waals surface area contributed by atoms with Gasteiger partial charge in [-0.15, -0.1) is 0 Å². The first-order chi connectivity index (χ1) is 7.95. The molecule has 5 nitrogen and oxygen atoms in total. The van der Waals surface area contributed by atoms with Gasteiger partial charge in [-0.1, -0.05) is 17.7 Å². The van der Waals surface area contributed by atoms with E-state index in [0.29, 0.717) is 5.02 Å². The fourth-order valence-corrected chi connectivity index (χ4v) is 2.64. The van der Waals surface area contributed by atoms with E-state index >= 15 is 0 Å². The van der Waals surface area contributed by atoms with Gasteiger partial charge in [0.25, 0.3) is 0 Å². The summed E-state index contributed by atoms with van der Waals surface area (Å²) in [6, 6.07) is 5.80. The lowest BCUT2D eigenvalue weighted by molar-refractivity contribution is -0.118. The van der Waals surface area contributed by atoms with Crippen LogP contribution >= 0.6 is 11.6 Å². The minimum Gasteiger partial charge on any atom is -0.354 e. The van der Waals surface area contributed by atoms with Crippen molar-refractivity contribution < 1.29 is 13.2 Å². The summed E-state index contributed by atoms with van der Waals surface area (Å²) in [5, 5.41) is 2.71. The summed E-state index contributed by atoms with van der Waals surface area (Å²) in [7, 11) is -3.65. The third kappa shape index (κ3) is 4.33. The SMILES string of the molecule is NCCNC(=O)CS(=O)(=O)c1cccc(Cl)c1. The van der Waals surface area contributed by atoms with Gasteiger partial charge in [0.2, 0.25) is 5.91 Å². The molecule has 1 amide bonds. The zero-order valence-electron chi connectivity index (χ0n) is 9.02. The van der Waals surface area contributed by atoms with Crippen LogP contribution in [0.4, 0.5) is 0 Å². The quantitative estimate of drug-likeness (QED) is 0.803. The largest absolute Gasteiger partial charge is 0.354 e. The van der Waals surface area contributed by atoms with Crippen LogP contribution in [0.15, 0.2) is 29.2 Å². The van der Waals surface area contributed by atoms with E-state index in [9.17, 15) is 13.2 Å². The van der Waals surface area contributed by atoms with Crippen molar-refractivity contribution in [3.63, 3.8) is 0 Å². The number of carbonyl (C=O) groups excluding carboxylic acids is 1. The van der Waals surface area contributed by atoms with Crippen molar-refractivity contribution in [1.29, 1.82) is 0 Å². The normalized spacial score (nSPS) is 11.2. The van der Waals surface area contributed by atoms with Crippen molar-refractivity contribution in [2.75, 3.05) is 18.8 Å². The van der Waals surface area contributed by atoms with Crippen molar-refractivity contribution in [3.8, 4) is 0 Å². The standard InChI is InChI=1S/C10H13ClN2O3S/c11-8-2-1-3-9(6-8)17(15,16)7-10(14)13-5-4-12/h1-3,6H,4-5,7,12H2,(H,13,14). The number of benzene rings is 1. The molecule has 7 heteroatoms. The second kappa shape index (κ2) is 6.00. The summed E-state index contributed by atoms with van der Waals surface area (Å²) in [6.07, 6.45) is 0. The van der Waals surface area contributed by atoms with E-state index in [1.54, 1.807) is 6.07 Å². The van der Waals surface area contributed by atoms with Gasteiger partial charge in [0.1, 0.15) is 5.75 Å². The smallest absolute Gasteiger partial charge is 0.235 e. The molecule has 1 aromatic rings. The molecule has 0 radical (unpaired) electrons. The van der Waals surface area contributed by atoms with Crippen LogP contribution in [0.25, 0.3) is 0 Å². The molecule has 1 rings (SSSR count). The number of hydrogen-bond acceptors (Lipinski definition) is 4. The third-order valence-electron chi connectivity index (χ3n) is 1.94. The third-order valence-corrected chi connectivity index (χ3v) is 3.79. The molecule has 94 valence electrons. The highest BCUT2D eigenvalue weighted by Crippen LogP contribution is 2.16. The molecular formula is C10H13ClN2O3S.